The van der Waals surface area contributed by atoms with Gasteiger partial charge in [0.15, 0.2) is 0 Å². The van der Waals surface area contributed by atoms with Crippen LogP contribution in [-0.2, 0) is 0 Å². The third kappa shape index (κ3) is 2.80. The monoisotopic (exact) mass is 332 g/mol. The number of hydrogen-bond donors (Lipinski definition) is 0. The highest BCUT2D eigenvalue weighted by atomic mass is 19.1. The Kier molecular flexibility index (Phi) is 4.21. The van der Waals surface area contributed by atoms with Crippen molar-refractivity contribution in [3.8, 4) is 0 Å². The molecule has 0 spiro atoms. The summed E-state index contributed by atoms with van der Waals surface area (Å²) in [5.74, 6) is 0.0170. The summed E-state index contributed by atoms with van der Waals surface area (Å²) < 4.78 is 27.5. The summed E-state index contributed by atoms with van der Waals surface area (Å²) >= 11 is 0. The van der Waals surface area contributed by atoms with E-state index in [1.54, 1.807) is 12.1 Å². The van der Waals surface area contributed by atoms with Gasteiger partial charge < -0.3 is 0 Å². The van der Waals surface area contributed by atoms with Gasteiger partial charge in [-0.1, -0.05) is 11.6 Å². The fourth-order valence-electron chi connectivity index (χ4n) is 5.13. The molecule has 0 unspecified atom stereocenters. The van der Waals surface area contributed by atoms with Gasteiger partial charge in [-0.3, -0.25) is 9.80 Å². The summed E-state index contributed by atoms with van der Waals surface area (Å²) in [4.78, 5) is 5.13. The second-order valence-electron chi connectivity index (χ2n) is 7.90. The molecule has 4 aliphatic heterocycles. The number of likely N-dealkylation sites (tertiary alicyclic amines) is 1. The standard InChI is InChI=1S/C20H26F2N2/c1-13(2)3-6-24-12-18(15-9-16(21)11-17(22)10-15)20-19(24)14-4-7-23(20)8-5-14/h3,9-11,14,18-20H,4-8,12H2,1-2H3/t18-,19-,20-/m1/s1. The van der Waals surface area contributed by atoms with Gasteiger partial charge in [-0.25, -0.2) is 8.78 Å². The molecule has 0 aliphatic carbocycles. The number of halogens is 2. The van der Waals surface area contributed by atoms with Crippen molar-refractivity contribution in [1.82, 2.24) is 9.80 Å². The van der Waals surface area contributed by atoms with Crippen LogP contribution in [0.2, 0.25) is 0 Å². The van der Waals surface area contributed by atoms with Crippen molar-refractivity contribution in [2.75, 3.05) is 26.2 Å². The molecule has 3 atom stereocenters. The largest absolute Gasteiger partial charge is 0.298 e. The molecule has 0 N–H and O–H groups in total. The molecule has 4 heterocycles. The minimum absolute atomic E-state index is 0.203. The molecular weight excluding hydrogens is 306 g/mol. The van der Waals surface area contributed by atoms with Gasteiger partial charge in [0.25, 0.3) is 0 Å². The molecule has 1 aromatic rings. The van der Waals surface area contributed by atoms with Gasteiger partial charge in [-0.15, -0.1) is 0 Å². The third-order valence-electron chi connectivity index (χ3n) is 6.14. The molecule has 0 radical (unpaired) electrons. The van der Waals surface area contributed by atoms with Crippen LogP contribution in [0.4, 0.5) is 8.78 Å². The summed E-state index contributed by atoms with van der Waals surface area (Å²) in [5, 5.41) is 0. The minimum atomic E-state index is -0.458. The second-order valence-corrected chi connectivity index (χ2v) is 7.90. The Labute approximate surface area is 143 Å². The van der Waals surface area contributed by atoms with Gasteiger partial charge in [0.2, 0.25) is 0 Å². The van der Waals surface area contributed by atoms with E-state index in [-0.39, 0.29) is 5.92 Å². The fourth-order valence-corrected chi connectivity index (χ4v) is 5.13. The van der Waals surface area contributed by atoms with Gasteiger partial charge in [0, 0.05) is 37.2 Å². The molecule has 130 valence electrons. The van der Waals surface area contributed by atoms with Crippen LogP contribution < -0.4 is 0 Å². The van der Waals surface area contributed by atoms with Gasteiger partial charge in [-0.05, 0) is 63.4 Å². The molecule has 4 aliphatic rings. The van der Waals surface area contributed by atoms with Gasteiger partial charge in [0.05, 0.1) is 0 Å². The average molecular weight is 332 g/mol. The summed E-state index contributed by atoms with van der Waals surface area (Å²) in [5.41, 5.74) is 2.16. The van der Waals surface area contributed by atoms with Gasteiger partial charge in [-0.2, -0.15) is 0 Å². The lowest BCUT2D eigenvalue weighted by atomic mass is 9.75. The Morgan fingerprint density at radius 1 is 1.08 bits per heavy atom. The highest BCUT2D eigenvalue weighted by Gasteiger charge is 2.52. The lowest BCUT2D eigenvalue weighted by Crippen LogP contribution is -2.60. The molecule has 1 aromatic carbocycles. The highest BCUT2D eigenvalue weighted by Crippen LogP contribution is 2.46. The van der Waals surface area contributed by atoms with E-state index in [0.29, 0.717) is 12.1 Å². The molecule has 2 bridgehead atoms. The first-order valence-electron chi connectivity index (χ1n) is 9.10. The Hall–Kier alpha value is -1.26. The van der Waals surface area contributed by atoms with Gasteiger partial charge in [0.1, 0.15) is 11.6 Å². The maximum atomic E-state index is 13.8. The summed E-state index contributed by atoms with van der Waals surface area (Å²) in [6, 6.07) is 4.99. The molecular formula is C20H26F2N2. The number of piperidine rings is 3. The average Bonchev–Trinajstić information content (AvgIpc) is 2.95. The van der Waals surface area contributed by atoms with E-state index >= 15 is 0 Å². The third-order valence-corrected chi connectivity index (χ3v) is 6.14. The van der Waals surface area contributed by atoms with E-state index in [2.05, 4.69) is 29.7 Å². The zero-order chi connectivity index (χ0) is 16.8. The number of nitrogens with zero attached hydrogens (tertiary/aromatic N) is 2. The number of rotatable bonds is 3. The molecule has 4 heteroatoms. The smallest absolute Gasteiger partial charge is 0.126 e. The second kappa shape index (κ2) is 6.23. The molecule has 5 rings (SSSR count). The fraction of sp³-hybridized carbons (Fsp3) is 0.600. The van der Waals surface area contributed by atoms with E-state index in [0.717, 1.165) is 43.7 Å². The minimum Gasteiger partial charge on any atom is -0.298 e. The highest BCUT2D eigenvalue weighted by molar-refractivity contribution is 5.28. The summed E-state index contributed by atoms with van der Waals surface area (Å²) in [6.07, 6.45) is 4.80. The van der Waals surface area contributed by atoms with Gasteiger partial charge >= 0.3 is 0 Å². The van der Waals surface area contributed by atoms with Crippen molar-refractivity contribution in [2.24, 2.45) is 5.92 Å². The van der Waals surface area contributed by atoms with E-state index in [1.165, 1.54) is 18.4 Å². The first-order chi connectivity index (χ1) is 11.5. The zero-order valence-corrected chi connectivity index (χ0v) is 14.5. The van der Waals surface area contributed by atoms with Crippen molar-refractivity contribution in [3.63, 3.8) is 0 Å². The Balaban J connectivity index is 1.68. The lowest BCUT2D eigenvalue weighted by Gasteiger charge is -2.51. The quantitative estimate of drug-likeness (QED) is 0.777. The number of fused-ring (bicyclic) bond motifs is 2. The van der Waals surface area contributed by atoms with E-state index in [1.807, 2.05) is 0 Å². The maximum Gasteiger partial charge on any atom is 0.126 e. The van der Waals surface area contributed by atoms with E-state index in [4.69, 9.17) is 0 Å². The Morgan fingerprint density at radius 3 is 2.38 bits per heavy atom. The molecule has 4 saturated heterocycles. The lowest BCUT2D eigenvalue weighted by molar-refractivity contribution is -0.00357. The van der Waals surface area contributed by atoms with Crippen LogP contribution in [0, 0.1) is 17.6 Å². The predicted octanol–water partition coefficient (Wildman–Crippen LogP) is 3.79. The molecule has 0 amide bonds. The number of benzene rings is 1. The number of hydrogen-bond acceptors (Lipinski definition) is 2. The van der Waals surface area contributed by atoms with Crippen LogP contribution in [0.15, 0.2) is 29.8 Å². The maximum absolute atomic E-state index is 13.8. The Bertz CT molecular complexity index is 625. The molecule has 4 fully saturated rings. The normalized spacial score (nSPS) is 35.1. The summed E-state index contributed by atoms with van der Waals surface area (Å²) in [6.45, 7) is 8.37. The van der Waals surface area contributed by atoms with E-state index in [9.17, 15) is 8.78 Å². The van der Waals surface area contributed by atoms with Crippen molar-refractivity contribution in [2.45, 2.75) is 44.7 Å². The molecule has 0 saturated carbocycles. The topological polar surface area (TPSA) is 6.48 Å². The number of allylic oxidation sites excluding steroid dienone is 1. The van der Waals surface area contributed by atoms with Crippen molar-refractivity contribution < 1.29 is 8.78 Å². The Morgan fingerprint density at radius 2 is 1.75 bits per heavy atom. The van der Waals surface area contributed by atoms with E-state index < -0.39 is 11.6 Å². The van der Waals surface area contributed by atoms with Crippen LogP contribution in [0.25, 0.3) is 0 Å². The van der Waals surface area contributed by atoms with Crippen LogP contribution in [0.1, 0.15) is 38.2 Å². The van der Waals surface area contributed by atoms with Crippen LogP contribution in [-0.4, -0.2) is 48.1 Å². The molecule has 24 heavy (non-hydrogen) atoms. The van der Waals surface area contributed by atoms with Crippen LogP contribution in [0.5, 0.6) is 0 Å². The zero-order valence-electron chi connectivity index (χ0n) is 14.5. The predicted molar refractivity (Wildman–Crippen MR) is 92.0 cm³/mol. The van der Waals surface area contributed by atoms with Crippen molar-refractivity contribution in [3.05, 3.63) is 47.0 Å². The first-order valence-corrected chi connectivity index (χ1v) is 9.10. The van der Waals surface area contributed by atoms with Crippen molar-refractivity contribution in [1.29, 1.82) is 0 Å². The molecule has 0 aromatic heterocycles. The summed E-state index contributed by atoms with van der Waals surface area (Å²) in [7, 11) is 0. The SMILES string of the molecule is CC(C)=CCN1C[C@H](c2cc(F)cc(F)c2)[C@@H]2[C@H]1C1CCN2CC1. The van der Waals surface area contributed by atoms with Crippen LogP contribution >= 0.6 is 0 Å². The van der Waals surface area contributed by atoms with Crippen molar-refractivity contribution >= 4 is 0 Å². The molecule has 2 nitrogen and oxygen atoms in total. The van der Waals surface area contributed by atoms with Crippen LogP contribution in [0.3, 0.4) is 0 Å². The first kappa shape index (κ1) is 16.2.